The second-order valence-electron chi connectivity index (χ2n) is 16.0. The molecule has 60 heavy (non-hydrogen) atoms. The Morgan fingerprint density at radius 1 is 0.267 bits per heavy atom. The molecule has 280 valence electrons. The Bertz CT molecular complexity index is 3200. The molecule has 0 saturated heterocycles. The van der Waals surface area contributed by atoms with Gasteiger partial charge in [0.2, 0.25) is 0 Å². The van der Waals surface area contributed by atoms with Gasteiger partial charge in [-0.15, -0.1) is 0 Å². The molecule has 0 atom stereocenters. The van der Waals surface area contributed by atoms with Crippen molar-refractivity contribution in [3.63, 3.8) is 0 Å². The van der Waals surface area contributed by atoms with Crippen LogP contribution >= 0.6 is 0 Å². The van der Waals surface area contributed by atoms with Crippen molar-refractivity contribution in [1.82, 2.24) is 0 Å². The molecule has 0 fully saturated rings. The normalized spacial score (nSPS) is 12.8. The molecule has 1 spiro atoms. The molecule has 0 heterocycles. The average Bonchev–Trinajstić information content (AvgIpc) is 3.80. The van der Waals surface area contributed by atoms with Crippen molar-refractivity contribution in [2.24, 2.45) is 0 Å². The molecular formula is C59H39N. The molecule has 2 aliphatic carbocycles. The van der Waals surface area contributed by atoms with Gasteiger partial charge >= 0.3 is 0 Å². The van der Waals surface area contributed by atoms with E-state index in [0.717, 1.165) is 17.1 Å². The number of hydrogen-bond donors (Lipinski definition) is 0. The molecule has 0 bridgehead atoms. The molecule has 12 rings (SSSR count). The molecule has 0 aromatic heterocycles. The van der Waals surface area contributed by atoms with E-state index in [0.29, 0.717) is 0 Å². The molecule has 1 heteroatoms. The standard InChI is InChI=1S/C59H39N/c1-2-16-40(17-3-1)41-32-36-44(37-33-41)60(45-38-34-43(35-39-45)47-25-14-19-42-18-4-5-20-46(42)47)57-31-13-9-23-50(57)51-26-15-30-56-58(51)52-24-8-12-29-55(52)59(56)53-27-10-6-21-48(53)49-22-7-11-28-54(49)59/h1-39H. The van der Waals surface area contributed by atoms with E-state index in [-0.39, 0.29) is 0 Å². The maximum absolute atomic E-state index is 2.44. The largest absolute Gasteiger partial charge is 0.310 e. The fraction of sp³-hybridized carbons (Fsp3) is 0.0169. The lowest BCUT2D eigenvalue weighted by Crippen LogP contribution is -2.25. The first kappa shape index (κ1) is 34.3. The van der Waals surface area contributed by atoms with Crippen LogP contribution < -0.4 is 4.90 Å². The van der Waals surface area contributed by atoms with Gasteiger partial charge in [-0.1, -0.05) is 206 Å². The summed E-state index contributed by atoms with van der Waals surface area (Å²) in [6.07, 6.45) is 0. The van der Waals surface area contributed by atoms with Crippen LogP contribution in [0.4, 0.5) is 17.1 Å². The van der Waals surface area contributed by atoms with E-state index in [1.54, 1.807) is 0 Å². The Morgan fingerprint density at radius 3 is 1.42 bits per heavy atom. The maximum Gasteiger partial charge on any atom is 0.0725 e. The van der Waals surface area contributed by atoms with Gasteiger partial charge in [0, 0.05) is 16.9 Å². The van der Waals surface area contributed by atoms with Crippen LogP contribution in [0.15, 0.2) is 237 Å². The first-order chi connectivity index (χ1) is 29.8. The van der Waals surface area contributed by atoms with Crippen LogP contribution in [0.5, 0.6) is 0 Å². The number of rotatable bonds is 6. The van der Waals surface area contributed by atoms with Crippen LogP contribution in [0.1, 0.15) is 22.3 Å². The quantitative estimate of drug-likeness (QED) is 0.163. The fourth-order valence-corrected chi connectivity index (χ4v) is 10.4. The molecule has 10 aromatic carbocycles. The first-order valence-corrected chi connectivity index (χ1v) is 20.8. The SMILES string of the molecule is c1ccc(-c2ccc(N(c3ccc(-c4cccc5ccccc45)cc3)c3ccccc3-c3cccc4c3-c3ccccc3C43c4ccccc4-c4ccccc43)cc2)cc1. The zero-order chi connectivity index (χ0) is 39.6. The van der Waals surface area contributed by atoms with Crippen LogP contribution in [-0.2, 0) is 5.41 Å². The highest BCUT2D eigenvalue weighted by atomic mass is 15.1. The summed E-state index contributed by atoms with van der Waals surface area (Å²) >= 11 is 0. The molecule has 0 amide bonds. The average molecular weight is 762 g/mol. The lowest BCUT2D eigenvalue weighted by Gasteiger charge is -2.31. The number of hydrogen-bond acceptors (Lipinski definition) is 1. The smallest absolute Gasteiger partial charge is 0.0725 e. The molecule has 0 unspecified atom stereocenters. The minimum absolute atomic E-state index is 0.408. The molecule has 0 aliphatic heterocycles. The lowest BCUT2D eigenvalue weighted by atomic mass is 9.70. The molecule has 1 nitrogen and oxygen atoms in total. The summed E-state index contributed by atoms with van der Waals surface area (Å²) in [6, 6.07) is 87.2. The van der Waals surface area contributed by atoms with E-state index in [4.69, 9.17) is 0 Å². The Hall–Kier alpha value is -7.74. The molecule has 2 aliphatic rings. The minimum Gasteiger partial charge on any atom is -0.310 e. The van der Waals surface area contributed by atoms with Crippen LogP contribution in [0.3, 0.4) is 0 Å². The summed E-state index contributed by atoms with van der Waals surface area (Å²) in [7, 11) is 0. The van der Waals surface area contributed by atoms with Gasteiger partial charge in [-0.2, -0.15) is 0 Å². The highest BCUT2D eigenvalue weighted by Gasteiger charge is 2.52. The van der Waals surface area contributed by atoms with Gasteiger partial charge < -0.3 is 4.90 Å². The molecule has 10 aromatic rings. The third-order valence-electron chi connectivity index (χ3n) is 12.9. The van der Waals surface area contributed by atoms with Gasteiger partial charge in [0.15, 0.2) is 0 Å². The summed E-state index contributed by atoms with van der Waals surface area (Å²) in [6.45, 7) is 0. The van der Waals surface area contributed by atoms with Crippen molar-refractivity contribution in [1.29, 1.82) is 0 Å². The molecule has 0 radical (unpaired) electrons. The maximum atomic E-state index is 2.44. The van der Waals surface area contributed by atoms with Crippen LogP contribution in [0.25, 0.3) is 66.4 Å². The van der Waals surface area contributed by atoms with Gasteiger partial charge in [-0.3, -0.25) is 0 Å². The van der Waals surface area contributed by atoms with E-state index in [9.17, 15) is 0 Å². The number of para-hydroxylation sites is 1. The zero-order valence-corrected chi connectivity index (χ0v) is 33.0. The topological polar surface area (TPSA) is 3.24 Å². The van der Waals surface area contributed by atoms with Crippen molar-refractivity contribution in [3.8, 4) is 55.6 Å². The van der Waals surface area contributed by atoms with Gasteiger partial charge in [0.1, 0.15) is 0 Å². The number of anilines is 3. The minimum atomic E-state index is -0.408. The Kier molecular flexibility index (Phi) is 7.83. The van der Waals surface area contributed by atoms with Gasteiger partial charge in [-0.25, -0.2) is 0 Å². The third kappa shape index (κ3) is 5.06. The van der Waals surface area contributed by atoms with E-state index < -0.39 is 5.41 Å². The number of benzene rings is 10. The predicted octanol–water partition coefficient (Wildman–Crippen LogP) is 15.7. The second-order valence-corrected chi connectivity index (χ2v) is 16.0. The fourth-order valence-electron chi connectivity index (χ4n) is 10.4. The second kappa shape index (κ2) is 13.7. The van der Waals surface area contributed by atoms with E-state index in [1.165, 1.54) is 88.7 Å². The molecule has 0 saturated carbocycles. The number of fused-ring (bicyclic) bond motifs is 11. The Morgan fingerprint density at radius 2 is 0.717 bits per heavy atom. The molecular weight excluding hydrogens is 723 g/mol. The summed E-state index contributed by atoms with van der Waals surface area (Å²) in [5.74, 6) is 0. The van der Waals surface area contributed by atoms with Crippen molar-refractivity contribution in [2.45, 2.75) is 5.41 Å². The predicted molar refractivity (Wildman–Crippen MR) is 251 cm³/mol. The summed E-state index contributed by atoms with van der Waals surface area (Å²) in [5, 5.41) is 2.51. The van der Waals surface area contributed by atoms with Crippen molar-refractivity contribution in [3.05, 3.63) is 259 Å². The van der Waals surface area contributed by atoms with E-state index in [2.05, 4.69) is 241 Å². The van der Waals surface area contributed by atoms with Crippen molar-refractivity contribution in [2.75, 3.05) is 4.90 Å². The summed E-state index contributed by atoms with van der Waals surface area (Å²) < 4.78 is 0. The number of nitrogens with zero attached hydrogens (tertiary/aromatic N) is 1. The lowest BCUT2D eigenvalue weighted by molar-refractivity contribution is 0.794. The monoisotopic (exact) mass is 761 g/mol. The van der Waals surface area contributed by atoms with Gasteiger partial charge in [0.25, 0.3) is 0 Å². The van der Waals surface area contributed by atoms with Crippen LogP contribution in [0.2, 0.25) is 0 Å². The van der Waals surface area contributed by atoms with Crippen molar-refractivity contribution >= 4 is 27.8 Å². The van der Waals surface area contributed by atoms with Gasteiger partial charge in [0.05, 0.1) is 11.1 Å². The van der Waals surface area contributed by atoms with Crippen LogP contribution in [0, 0.1) is 0 Å². The highest BCUT2D eigenvalue weighted by Crippen LogP contribution is 2.64. The summed E-state index contributed by atoms with van der Waals surface area (Å²) in [5.41, 5.74) is 20.8. The Labute approximate surface area is 351 Å². The summed E-state index contributed by atoms with van der Waals surface area (Å²) in [4.78, 5) is 2.44. The van der Waals surface area contributed by atoms with Crippen molar-refractivity contribution < 1.29 is 0 Å². The third-order valence-corrected chi connectivity index (χ3v) is 12.9. The Balaban J connectivity index is 1.07. The molecule has 0 N–H and O–H groups in total. The van der Waals surface area contributed by atoms with E-state index in [1.807, 2.05) is 0 Å². The highest BCUT2D eigenvalue weighted by molar-refractivity contribution is 6.03. The zero-order valence-electron chi connectivity index (χ0n) is 33.0. The van der Waals surface area contributed by atoms with Gasteiger partial charge in [-0.05, 0) is 113 Å². The first-order valence-electron chi connectivity index (χ1n) is 20.8. The van der Waals surface area contributed by atoms with Crippen LogP contribution in [-0.4, -0.2) is 0 Å². The van der Waals surface area contributed by atoms with E-state index >= 15 is 0 Å².